The van der Waals surface area contributed by atoms with Crippen LogP contribution in [0.1, 0.15) is 21.6 Å². The summed E-state index contributed by atoms with van der Waals surface area (Å²) < 4.78 is 1.62. The molecule has 1 amide bonds. The van der Waals surface area contributed by atoms with Crippen molar-refractivity contribution < 1.29 is 4.79 Å². The van der Waals surface area contributed by atoms with Crippen molar-refractivity contribution in [2.24, 2.45) is 0 Å². The molecule has 1 aromatic carbocycles. The predicted octanol–water partition coefficient (Wildman–Crippen LogP) is 2.03. The van der Waals surface area contributed by atoms with Crippen LogP contribution in [0.5, 0.6) is 0 Å². The van der Waals surface area contributed by atoms with E-state index < -0.39 is 0 Å². The minimum absolute atomic E-state index is 0.159. The zero-order valence-electron chi connectivity index (χ0n) is 13.4. The molecule has 0 saturated heterocycles. The molecule has 0 spiro atoms. The van der Waals surface area contributed by atoms with Gasteiger partial charge in [-0.2, -0.15) is 5.10 Å². The fraction of sp³-hybridized carbons (Fsp3) is 0.235. The van der Waals surface area contributed by atoms with Gasteiger partial charge in [0, 0.05) is 38.7 Å². The van der Waals surface area contributed by atoms with E-state index >= 15 is 0 Å². The van der Waals surface area contributed by atoms with Gasteiger partial charge in [-0.05, 0) is 30.7 Å². The topological polar surface area (TPSA) is 62.5 Å². The molecule has 118 valence electrons. The van der Waals surface area contributed by atoms with E-state index in [0.717, 1.165) is 11.3 Å². The molecular formula is C17H19N5O. The molecule has 3 aromatic rings. The van der Waals surface area contributed by atoms with Crippen molar-refractivity contribution in [3.8, 4) is 0 Å². The van der Waals surface area contributed by atoms with Crippen molar-refractivity contribution in [2.45, 2.75) is 13.5 Å². The zero-order valence-corrected chi connectivity index (χ0v) is 13.4. The fourth-order valence-electron chi connectivity index (χ4n) is 2.45. The molecular weight excluding hydrogens is 290 g/mol. The van der Waals surface area contributed by atoms with Gasteiger partial charge in [0.2, 0.25) is 0 Å². The van der Waals surface area contributed by atoms with Gasteiger partial charge in [0.05, 0.1) is 5.69 Å². The standard InChI is InChI=1S/C17H19N5O/c1-12-15(16-18-9-4-10-22(16)20-12)17(23)19-11-13-5-7-14(8-6-13)21(2)3/h4-10H,11H2,1-3H3,(H,19,23). The van der Waals surface area contributed by atoms with Gasteiger partial charge in [-0.25, -0.2) is 9.50 Å². The molecule has 2 heterocycles. The lowest BCUT2D eigenvalue weighted by Gasteiger charge is -2.12. The number of fused-ring (bicyclic) bond motifs is 1. The SMILES string of the molecule is Cc1nn2cccnc2c1C(=O)NCc1ccc(N(C)C)cc1. The van der Waals surface area contributed by atoms with E-state index in [-0.39, 0.29) is 5.91 Å². The molecule has 0 atom stereocenters. The quantitative estimate of drug-likeness (QED) is 0.801. The van der Waals surface area contributed by atoms with Crippen LogP contribution in [-0.2, 0) is 6.54 Å². The molecule has 0 fully saturated rings. The normalized spacial score (nSPS) is 10.7. The molecule has 23 heavy (non-hydrogen) atoms. The van der Waals surface area contributed by atoms with Crippen molar-refractivity contribution >= 4 is 17.2 Å². The van der Waals surface area contributed by atoms with Gasteiger partial charge in [0.15, 0.2) is 5.65 Å². The lowest BCUT2D eigenvalue weighted by atomic mass is 10.2. The summed E-state index contributed by atoms with van der Waals surface area (Å²) in [6, 6.07) is 9.87. The Morgan fingerprint density at radius 3 is 2.70 bits per heavy atom. The lowest BCUT2D eigenvalue weighted by molar-refractivity contribution is 0.0951. The molecule has 0 aliphatic rings. The Bertz CT molecular complexity index is 836. The average molecular weight is 309 g/mol. The fourth-order valence-corrected chi connectivity index (χ4v) is 2.45. The highest BCUT2D eigenvalue weighted by Gasteiger charge is 2.17. The highest BCUT2D eigenvalue weighted by molar-refractivity contribution is 6.00. The van der Waals surface area contributed by atoms with E-state index in [1.54, 1.807) is 23.0 Å². The number of hydrogen-bond acceptors (Lipinski definition) is 4. The lowest BCUT2D eigenvalue weighted by Crippen LogP contribution is -2.23. The first-order valence-electron chi connectivity index (χ1n) is 7.40. The summed E-state index contributed by atoms with van der Waals surface area (Å²) in [6.45, 7) is 2.28. The summed E-state index contributed by atoms with van der Waals surface area (Å²) in [5.41, 5.74) is 3.94. The van der Waals surface area contributed by atoms with E-state index in [1.807, 2.05) is 50.2 Å². The summed E-state index contributed by atoms with van der Waals surface area (Å²) in [7, 11) is 4.00. The largest absolute Gasteiger partial charge is 0.378 e. The Morgan fingerprint density at radius 2 is 2.00 bits per heavy atom. The minimum atomic E-state index is -0.159. The molecule has 6 heteroatoms. The van der Waals surface area contributed by atoms with Gasteiger partial charge in [-0.3, -0.25) is 4.79 Å². The Hall–Kier alpha value is -2.89. The van der Waals surface area contributed by atoms with Crippen LogP contribution in [0.25, 0.3) is 5.65 Å². The maximum atomic E-state index is 12.5. The molecule has 2 aromatic heterocycles. The minimum Gasteiger partial charge on any atom is -0.378 e. The number of carbonyl (C=O) groups is 1. The van der Waals surface area contributed by atoms with Crippen LogP contribution in [0, 0.1) is 6.92 Å². The number of carbonyl (C=O) groups excluding carboxylic acids is 1. The van der Waals surface area contributed by atoms with E-state index in [0.29, 0.717) is 23.4 Å². The van der Waals surface area contributed by atoms with Gasteiger partial charge < -0.3 is 10.2 Å². The Kier molecular flexibility index (Phi) is 3.97. The smallest absolute Gasteiger partial charge is 0.257 e. The van der Waals surface area contributed by atoms with Crippen molar-refractivity contribution in [2.75, 3.05) is 19.0 Å². The summed E-state index contributed by atoms with van der Waals surface area (Å²) >= 11 is 0. The third-order valence-corrected chi connectivity index (χ3v) is 3.70. The number of nitrogens with zero attached hydrogens (tertiary/aromatic N) is 4. The van der Waals surface area contributed by atoms with E-state index in [1.165, 1.54) is 0 Å². The van der Waals surface area contributed by atoms with Gasteiger partial charge in [0.1, 0.15) is 5.56 Å². The van der Waals surface area contributed by atoms with Crippen LogP contribution >= 0.6 is 0 Å². The van der Waals surface area contributed by atoms with Crippen molar-refractivity contribution in [3.63, 3.8) is 0 Å². The Labute approximate surface area is 134 Å². The maximum absolute atomic E-state index is 12.5. The molecule has 0 bridgehead atoms. The third kappa shape index (κ3) is 3.01. The van der Waals surface area contributed by atoms with E-state index in [2.05, 4.69) is 15.4 Å². The number of aromatic nitrogens is 3. The summed E-state index contributed by atoms with van der Waals surface area (Å²) in [5, 5.41) is 7.25. The number of anilines is 1. The van der Waals surface area contributed by atoms with E-state index in [4.69, 9.17) is 0 Å². The first-order chi connectivity index (χ1) is 11.1. The molecule has 0 aliphatic heterocycles. The Balaban J connectivity index is 1.75. The first kappa shape index (κ1) is 15.0. The zero-order chi connectivity index (χ0) is 16.4. The highest BCUT2D eigenvalue weighted by Crippen LogP contribution is 2.14. The molecule has 3 rings (SSSR count). The maximum Gasteiger partial charge on any atom is 0.257 e. The van der Waals surface area contributed by atoms with Gasteiger partial charge in [-0.1, -0.05) is 12.1 Å². The summed E-state index contributed by atoms with van der Waals surface area (Å²) in [6.07, 6.45) is 3.44. The second kappa shape index (κ2) is 6.08. The number of aryl methyl sites for hydroxylation is 1. The summed E-state index contributed by atoms with van der Waals surface area (Å²) in [4.78, 5) is 18.8. The number of nitrogens with one attached hydrogen (secondary N) is 1. The first-order valence-corrected chi connectivity index (χ1v) is 7.40. The predicted molar refractivity (Wildman–Crippen MR) is 89.7 cm³/mol. The molecule has 0 saturated carbocycles. The van der Waals surface area contributed by atoms with Crippen LogP contribution in [0.3, 0.4) is 0 Å². The number of hydrogen-bond donors (Lipinski definition) is 1. The molecule has 0 radical (unpaired) electrons. The van der Waals surface area contributed by atoms with Gasteiger partial charge >= 0.3 is 0 Å². The van der Waals surface area contributed by atoms with Gasteiger partial charge in [0.25, 0.3) is 5.91 Å². The van der Waals surface area contributed by atoms with Crippen molar-refractivity contribution in [1.29, 1.82) is 0 Å². The van der Waals surface area contributed by atoms with Crippen LogP contribution in [0.2, 0.25) is 0 Å². The summed E-state index contributed by atoms with van der Waals surface area (Å²) in [5.74, 6) is -0.159. The van der Waals surface area contributed by atoms with Crippen LogP contribution in [0.4, 0.5) is 5.69 Å². The molecule has 1 N–H and O–H groups in total. The van der Waals surface area contributed by atoms with Crippen LogP contribution < -0.4 is 10.2 Å². The Morgan fingerprint density at radius 1 is 1.26 bits per heavy atom. The molecule has 6 nitrogen and oxygen atoms in total. The number of rotatable bonds is 4. The third-order valence-electron chi connectivity index (χ3n) is 3.70. The van der Waals surface area contributed by atoms with E-state index in [9.17, 15) is 4.79 Å². The highest BCUT2D eigenvalue weighted by atomic mass is 16.1. The number of amides is 1. The van der Waals surface area contributed by atoms with Crippen molar-refractivity contribution in [3.05, 3.63) is 59.5 Å². The second-order valence-corrected chi connectivity index (χ2v) is 5.59. The van der Waals surface area contributed by atoms with Crippen LogP contribution in [-0.4, -0.2) is 34.6 Å². The van der Waals surface area contributed by atoms with Gasteiger partial charge in [-0.15, -0.1) is 0 Å². The monoisotopic (exact) mass is 309 g/mol. The van der Waals surface area contributed by atoms with Crippen molar-refractivity contribution in [1.82, 2.24) is 19.9 Å². The average Bonchev–Trinajstić information content (AvgIpc) is 2.88. The molecule has 0 aliphatic carbocycles. The van der Waals surface area contributed by atoms with Crippen LogP contribution in [0.15, 0.2) is 42.7 Å². The second-order valence-electron chi connectivity index (χ2n) is 5.59. The molecule has 0 unspecified atom stereocenters. The number of benzene rings is 1.